The van der Waals surface area contributed by atoms with Crippen LogP contribution < -0.4 is 5.32 Å². The number of rotatable bonds is 3. The number of aryl methyl sites for hydroxylation is 1. The molecule has 0 unspecified atom stereocenters. The highest BCUT2D eigenvalue weighted by Crippen LogP contribution is 2.37. The topological polar surface area (TPSA) is 96.5 Å². The van der Waals surface area contributed by atoms with Gasteiger partial charge in [-0.2, -0.15) is 5.26 Å². The number of carbonyl (C=O) groups excluding carboxylic acids is 1. The van der Waals surface area contributed by atoms with Gasteiger partial charge in [0.05, 0.1) is 11.3 Å². The zero-order valence-corrected chi connectivity index (χ0v) is 14.1. The number of nitriles is 1. The fourth-order valence-corrected chi connectivity index (χ4v) is 4.23. The van der Waals surface area contributed by atoms with Crippen LogP contribution in [-0.2, 0) is 12.8 Å². The molecule has 1 amide bonds. The molecule has 0 saturated carbocycles. The lowest BCUT2D eigenvalue weighted by Crippen LogP contribution is -2.12. The van der Waals surface area contributed by atoms with Crippen LogP contribution in [0.4, 0.5) is 5.00 Å². The van der Waals surface area contributed by atoms with E-state index in [1.54, 1.807) is 24.3 Å². The molecule has 0 atom stereocenters. The van der Waals surface area contributed by atoms with Crippen molar-refractivity contribution in [1.29, 1.82) is 5.26 Å². The maximum atomic E-state index is 12.5. The van der Waals surface area contributed by atoms with Gasteiger partial charge in [-0.25, -0.2) is 4.68 Å². The van der Waals surface area contributed by atoms with Gasteiger partial charge in [0.25, 0.3) is 5.91 Å². The number of hydrogen-bond donors (Lipinski definition) is 1. The second-order valence-electron chi connectivity index (χ2n) is 5.78. The SMILES string of the molecule is N#Cc1c(NC(=O)c2ccc(-n3cnnn3)cc2)sc2c1CCCC2. The van der Waals surface area contributed by atoms with Crippen molar-refractivity contribution >= 4 is 22.2 Å². The van der Waals surface area contributed by atoms with E-state index in [1.165, 1.54) is 27.2 Å². The summed E-state index contributed by atoms with van der Waals surface area (Å²) in [6, 6.07) is 9.23. The van der Waals surface area contributed by atoms with Crippen molar-refractivity contribution in [1.82, 2.24) is 20.2 Å². The van der Waals surface area contributed by atoms with Gasteiger partial charge in [0.1, 0.15) is 17.4 Å². The van der Waals surface area contributed by atoms with E-state index in [1.807, 2.05) is 0 Å². The average Bonchev–Trinajstić information content (AvgIpc) is 3.29. The van der Waals surface area contributed by atoms with Crippen LogP contribution in [0, 0.1) is 11.3 Å². The molecule has 2 aromatic heterocycles. The summed E-state index contributed by atoms with van der Waals surface area (Å²) in [5, 5.41) is 24.0. The lowest BCUT2D eigenvalue weighted by molar-refractivity contribution is 0.102. The molecule has 0 fully saturated rings. The molecular formula is C17H14N6OS. The molecule has 2 heterocycles. The number of thiophene rings is 1. The minimum absolute atomic E-state index is 0.224. The quantitative estimate of drug-likeness (QED) is 0.783. The summed E-state index contributed by atoms with van der Waals surface area (Å²) in [7, 11) is 0. The van der Waals surface area contributed by atoms with Gasteiger partial charge in [-0.3, -0.25) is 4.79 Å². The Balaban J connectivity index is 1.56. The molecule has 25 heavy (non-hydrogen) atoms. The normalized spacial score (nSPS) is 13.1. The third-order valence-electron chi connectivity index (χ3n) is 4.25. The third kappa shape index (κ3) is 2.90. The van der Waals surface area contributed by atoms with E-state index in [2.05, 4.69) is 26.9 Å². The fraction of sp³-hybridized carbons (Fsp3) is 0.235. The maximum absolute atomic E-state index is 12.5. The van der Waals surface area contributed by atoms with Gasteiger partial charge < -0.3 is 5.32 Å². The minimum atomic E-state index is -0.224. The predicted molar refractivity (Wildman–Crippen MR) is 92.8 cm³/mol. The molecule has 124 valence electrons. The number of tetrazole rings is 1. The molecule has 4 rings (SSSR count). The number of fused-ring (bicyclic) bond motifs is 1. The molecule has 1 aliphatic carbocycles. The van der Waals surface area contributed by atoms with Crippen molar-refractivity contribution in [2.45, 2.75) is 25.7 Å². The molecule has 8 heteroatoms. The third-order valence-corrected chi connectivity index (χ3v) is 5.46. The highest BCUT2D eigenvalue weighted by atomic mass is 32.1. The van der Waals surface area contributed by atoms with Gasteiger partial charge >= 0.3 is 0 Å². The summed E-state index contributed by atoms with van der Waals surface area (Å²) >= 11 is 1.53. The summed E-state index contributed by atoms with van der Waals surface area (Å²) in [6.45, 7) is 0. The largest absolute Gasteiger partial charge is 0.312 e. The van der Waals surface area contributed by atoms with Gasteiger partial charge in [-0.15, -0.1) is 16.4 Å². The molecule has 3 aromatic rings. The molecular weight excluding hydrogens is 336 g/mol. The number of amides is 1. The molecule has 0 spiro atoms. The van der Waals surface area contributed by atoms with Crippen LogP contribution in [0.5, 0.6) is 0 Å². The number of hydrogen-bond acceptors (Lipinski definition) is 6. The number of benzene rings is 1. The van der Waals surface area contributed by atoms with Crippen LogP contribution in [0.25, 0.3) is 5.69 Å². The van der Waals surface area contributed by atoms with Gasteiger partial charge in [0.2, 0.25) is 0 Å². The lowest BCUT2D eigenvalue weighted by Gasteiger charge is -2.09. The van der Waals surface area contributed by atoms with E-state index in [4.69, 9.17) is 0 Å². The Morgan fingerprint density at radius 1 is 1.24 bits per heavy atom. The number of carbonyl (C=O) groups is 1. The van der Waals surface area contributed by atoms with Crippen LogP contribution in [0.15, 0.2) is 30.6 Å². The first-order valence-corrected chi connectivity index (χ1v) is 8.77. The Morgan fingerprint density at radius 3 is 2.76 bits per heavy atom. The number of aromatic nitrogens is 4. The standard InChI is InChI=1S/C17H14N6OS/c18-9-14-13-3-1-2-4-15(13)25-17(14)20-16(24)11-5-7-12(8-6-11)23-10-19-21-22-23/h5-8,10H,1-4H2,(H,20,24). The molecule has 7 nitrogen and oxygen atoms in total. The summed E-state index contributed by atoms with van der Waals surface area (Å²) < 4.78 is 1.52. The molecule has 1 aliphatic rings. The highest BCUT2D eigenvalue weighted by molar-refractivity contribution is 7.16. The second-order valence-corrected chi connectivity index (χ2v) is 6.89. The minimum Gasteiger partial charge on any atom is -0.312 e. The van der Waals surface area contributed by atoms with Crippen LogP contribution in [0.1, 0.15) is 39.2 Å². The molecule has 1 N–H and O–H groups in total. The van der Waals surface area contributed by atoms with Crippen molar-refractivity contribution in [2.24, 2.45) is 0 Å². The van der Waals surface area contributed by atoms with Crippen molar-refractivity contribution in [3.8, 4) is 11.8 Å². The smallest absolute Gasteiger partial charge is 0.256 e. The van der Waals surface area contributed by atoms with Crippen LogP contribution >= 0.6 is 11.3 Å². The zero-order chi connectivity index (χ0) is 17.2. The zero-order valence-electron chi connectivity index (χ0n) is 13.3. The van der Waals surface area contributed by atoms with E-state index in [9.17, 15) is 10.1 Å². The van der Waals surface area contributed by atoms with Crippen molar-refractivity contribution in [3.05, 3.63) is 52.2 Å². The first kappa shape index (κ1) is 15.5. The Hall–Kier alpha value is -3.05. The molecule has 0 saturated heterocycles. The van der Waals surface area contributed by atoms with E-state index >= 15 is 0 Å². The van der Waals surface area contributed by atoms with E-state index in [0.29, 0.717) is 16.1 Å². The highest BCUT2D eigenvalue weighted by Gasteiger charge is 2.22. The van der Waals surface area contributed by atoms with Gasteiger partial charge in [-0.05, 0) is 65.9 Å². The predicted octanol–water partition coefficient (Wildman–Crippen LogP) is 2.73. The van der Waals surface area contributed by atoms with E-state index in [0.717, 1.165) is 36.9 Å². The molecule has 1 aromatic carbocycles. The average molecular weight is 350 g/mol. The fourth-order valence-electron chi connectivity index (χ4n) is 2.99. The van der Waals surface area contributed by atoms with Crippen LogP contribution in [-0.4, -0.2) is 26.1 Å². The van der Waals surface area contributed by atoms with Crippen LogP contribution in [0.3, 0.4) is 0 Å². The Kier molecular flexibility index (Phi) is 3.99. The van der Waals surface area contributed by atoms with Gasteiger partial charge in [0, 0.05) is 10.4 Å². The summed E-state index contributed by atoms with van der Waals surface area (Å²) in [5.41, 5.74) is 3.03. The van der Waals surface area contributed by atoms with Crippen molar-refractivity contribution in [2.75, 3.05) is 5.32 Å². The number of anilines is 1. The van der Waals surface area contributed by atoms with E-state index < -0.39 is 0 Å². The monoisotopic (exact) mass is 350 g/mol. The Bertz CT molecular complexity index is 952. The first-order chi connectivity index (χ1) is 12.3. The molecule has 0 aliphatic heterocycles. The Morgan fingerprint density at radius 2 is 2.04 bits per heavy atom. The number of nitrogens with one attached hydrogen (secondary N) is 1. The summed E-state index contributed by atoms with van der Waals surface area (Å²) in [4.78, 5) is 13.8. The summed E-state index contributed by atoms with van der Waals surface area (Å²) in [5.74, 6) is -0.224. The molecule has 0 radical (unpaired) electrons. The second kappa shape index (κ2) is 6.45. The first-order valence-electron chi connectivity index (χ1n) is 7.95. The van der Waals surface area contributed by atoms with Crippen molar-refractivity contribution < 1.29 is 4.79 Å². The van der Waals surface area contributed by atoms with Crippen LogP contribution in [0.2, 0.25) is 0 Å². The summed E-state index contributed by atoms with van der Waals surface area (Å²) in [6.07, 6.45) is 5.65. The molecule has 0 bridgehead atoms. The van der Waals surface area contributed by atoms with Gasteiger partial charge in [0.15, 0.2) is 0 Å². The van der Waals surface area contributed by atoms with E-state index in [-0.39, 0.29) is 5.91 Å². The van der Waals surface area contributed by atoms with Crippen molar-refractivity contribution in [3.63, 3.8) is 0 Å². The lowest BCUT2D eigenvalue weighted by atomic mass is 9.96. The number of nitrogens with zero attached hydrogens (tertiary/aromatic N) is 5. The maximum Gasteiger partial charge on any atom is 0.256 e. The van der Waals surface area contributed by atoms with Gasteiger partial charge in [-0.1, -0.05) is 0 Å². The Labute approximate surface area is 147 Å².